The quantitative estimate of drug-likeness (QED) is 0.335. The van der Waals surface area contributed by atoms with E-state index >= 15 is 0 Å². The molecule has 1 saturated carbocycles. The first-order chi connectivity index (χ1) is 11.8. The Kier molecular flexibility index (Phi) is 6.10. The number of benzene rings is 1. The number of nitrogens with two attached hydrogens (primary N) is 1. The molecular formula is C17H22N4O4. The lowest BCUT2D eigenvalue weighted by Gasteiger charge is -2.16. The van der Waals surface area contributed by atoms with Crippen LogP contribution in [0.4, 0.5) is 5.69 Å². The molecular weight excluding hydrogens is 324 g/mol. The maximum absolute atomic E-state index is 11.9. The number of anilines is 1. The first-order valence-electron chi connectivity index (χ1n) is 8.10. The molecule has 25 heavy (non-hydrogen) atoms. The van der Waals surface area contributed by atoms with Crippen molar-refractivity contribution >= 4 is 29.3 Å². The van der Waals surface area contributed by atoms with E-state index in [2.05, 4.69) is 10.6 Å². The average molecular weight is 346 g/mol. The first kappa shape index (κ1) is 18.4. The van der Waals surface area contributed by atoms with E-state index in [-0.39, 0.29) is 48.9 Å². The van der Waals surface area contributed by atoms with E-state index in [0.29, 0.717) is 11.3 Å². The van der Waals surface area contributed by atoms with E-state index in [0.717, 1.165) is 12.8 Å². The van der Waals surface area contributed by atoms with Crippen molar-refractivity contribution in [1.82, 2.24) is 5.32 Å². The fourth-order valence-corrected chi connectivity index (χ4v) is 2.48. The van der Waals surface area contributed by atoms with Crippen LogP contribution in [0.3, 0.4) is 0 Å². The number of hydrogen-bond donors (Lipinski definition) is 5. The summed E-state index contributed by atoms with van der Waals surface area (Å²) in [7, 11) is 0. The van der Waals surface area contributed by atoms with Crippen LogP contribution in [0.25, 0.3) is 0 Å². The Hall–Kier alpha value is -2.90. The minimum atomic E-state index is -0.941. The molecule has 2 amide bonds. The monoisotopic (exact) mass is 346 g/mol. The molecule has 0 aromatic heterocycles. The number of aliphatic carboxylic acids is 1. The number of amides is 2. The number of carboxylic acids is 1. The maximum Gasteiger partial charge on any atom is 0.305 e. The van der Waals surface area contributed by atoms with Gasteiger partial charge >= 0.3 is 5.97 Å². The molecule has 1 atom stereocenters. The van der Waals surface area contributed by atoms with E-state index in [1.807, 2.05) is 0 Å². The smallest absolute Gasteiger partial charge is 0.305 e. The fraction of sp³-hybridized carbons (Fsp3) is 0.412. The number of nitrogens with one attached hydrogen (secondary N) is 3. The van der Waals surface area contributed by atoms with Crippen LogP contribution in [0.5, 0.6) is 0 Å². The lowest BCUT2D eigenvalue weighted by atomic mass is 10.1. The van der Waals surface area contributed by atoms with Gasteiger partial charge in [0.05, 0.1) is 6.42 Å². The summed E-state index contributed by atoms with van der Waals surface area (Å²) in [5.74, 6) is -1.40. The summed E-state index contributed by atoms with van der Waals surface area (Å²) in [5.41, 5.74) is 6.47. The summed E-state index contributed by atoms with van der Waals surface area (Å²) in [6, 6.07) is 6.15. The van der Waals surface area contributed by atoms with Crippen molar-refractivity contribution in [3.63, 3.8) is 0 Å². The van der Waals surface area contributed by atoms with E-state index in [1.54, 1.807) is 24.3 Å². The van der Waals surface area contributed by atoms with Crippen LogP contribution in [0, 0.1) is 11.3 Å². The van der Waals surface area contributed by atoms with Crippen LogP contribution in [-0.4, -0.2) is 34.8 Å². The van der Waals surface area contributed by atoms with Crippen molar-refractivity contribution in [2.45, 2.75) is 38.1 Å². The average Bonchev–Trinajstić information content (AvgIpc) is 3.37. The minimum absolute atomic E-state index is 0.000200. The van der Waals surface area contributed by atoms with Crippen LogP contribution in [0.1, 0.15) is 37.7 Å². The van der Waals surface area contributed by atoms with Crippen molar-refractivity contribution < 1.29 is 19.5 Å². The summed E-state index contributed by atoms with van der Waals surface area (Å²) in [4.78, 5) is 34.6. The number of amidine groups is 1. The highest BCUT2D eigenvalue weighted by Gasteiger charge is 2.33. The van der Waals surface area contributed by atoms with Crippen LogP contribution in [0.15, 0.2) is 24.3 Å². The zero-order valence-corrected chi connectivity index (χ0v) is 13.7. The van der Waals surface area contributed by atoms with Gasteiger partial charge in [0.15, 0.2) is 0 Å². The van der Waals surface area contributed by atoms with Crippen molar-refractivity contribution in [2.75, 3.05) is 5.32 Å². The number of carboxylic acid groups (broad SMARTS) is 1. The maximum atomic E-state index is 11.9. The summed E-state index contributed by atoms with van der Waals surface area (Å²) in [6.45, 7) is 0. The third-order valence-electron chi connectivity index (χ3n) is 3.99. The molecule has 0 heterocycles. The molecule has 1 aromatic carbocycles. The lowest BCUT2D eigenvalue weighted by molar-refractivity contribution is -0.138. The second-order valence-corrected chi connectivity index (χ2v) is 6.15. The highest BCUT2D eigenvalue weighted by atomic mass is 16.4. The fourth-order valence-electron chi connectivity index (χ4n) is 2.48. The van der Waals surface area contributed by atoms with Gasteiger partial charge in [-0.2, -0.15) is 0 Å². The molecule has 0 bridgehead atoms. The molecule has 1 aliphatic carbocycles. The Balaban J connectivity index is 1.75. The van der Waals surface area contributed by atoms with Gasteiger partial charge in [-0.25, -0.2) is 0 Å². The van der Waals surface area contributed by atoms with Crippen LogP contribution in [0.2, 0.25) is 0 Å². The van der Waals surface area contributed by atoms with Gasteiger partial charge in [0.25, 0.3) is 0 Å². The number of nitrogen functional groups attached to an aromatic ring is 1. The van der Waals surface area contributed by atoms with E-state index in [4.69, 9.17) is 16.2 Å². The summed E-state index contributed by atoms with van der Waals surface area (Å²) in [6.07, 6.45) is 1.76. The number of carbonyl (C=O) groups excluding carboxylic acids is 2. The first-order valence-corrected chi connectivity index (χ1v) is 8.10. The van der Waals surface area contributed by atoms with Crippen LogP contribution in [-0.2, 0) is 14.4 Å². The van der Waals surface area contributed by atoms with Crippen molar-refractivity contribution in [1.29, 1.82) is 5.41 Å². The molecule has 0 spiro atoms. The van der Waals surface area contributed by atoms with Gasteiger partial charge in [-0.05, 0) is 43.0 Å². The van der Waals surface area contributed by atoms with E-state index in [9.17, 15) is 14.4 Å². The van der Waals surface area contributed by atoms with Crippen molar-refractivity contribution in [2.24, 2.45) is 11.7 Å². The Morgan fingerprint density at radius 2 is 1.76 bits per heavy atom. The third kappa shape index (κ3) is 6.25. The molecule has 134 valence electrons. The number of hydrogen-bond acceptors (Lipinski definition) is 4. The second-order valence-electron chi connectivity index (χ2n) is 6.15. The summed E-state index contributed by atoms with van der Waals surface area (Å²) in [5, 5.41) is 21.5. The lowest BCUT2D eigenvalue weighted by Crippen LogP contribution is -2.38. The predicted octanol–water partition coefficient (Wildman–Crippen LogP) is 1.06. The minimum Gasteiger partial charge on any atom is -0.481 e. The van der Waals surface area contributed by atoms with Crippen molar-refractivity contribution in [3.05, 3.63) is 29.8 Å². The molecule has 0 radical (unpaired) electrons. The highest BCUT2D eigenvalue weighted by molar-refractivity contribution is 5.96. The molecule has 2 rings (SSSR count). The third-order valence-corrected chi connectivity index (χ3v) is 3.99. The normalized spacial score (nSPS) is 14.4. The molecule has 0 saturated heterocycles. The standard InChI is InChI=1S/C17H22N4O4/c18-17(19)11-3-5-12(6-4-11)20-14(22)7-8-15(23)21-13(9-16(24)25)10-1-2-10/h3-6,10,13H,1-2,7-9H2,(H3,18,19)(H,20,22)(H,21,23)(H,24,25). The Morgan fingerprint density at radius 3 is 2.28 bits per heavy atom. The molecule has 8 nitrogen and oxygen atoms in total. The summed E-state index contributed by atoms with van der Waals surface area (Å²) >= 11 is 0. The number of rotatable bonds is 9. The molecule has 8 heteroatoms. The molecule has 1 unspecified atom stereocenters. The van der Waals surface area contributed by atoms with Gasteiger partial charge < -0.3 is 21.5 Å². The Morgan fingerprint density at radius 1 is 1.16 bits per heavy atom. The molecule has 0 aliphatic heterocycles. The molecule has 1 aromatic rings. The zero-order chi connectivity index (χ0) is 18.4. The summed E-state index contributed by atoms with van der Waals surface area (Å²) < 4.78 is 0. The zero-order valence-electron chi connectivity index (χ0n) is 13.7. The molecule has 6 N–H and O–H groups in total. The highest BCUT2D eigenvalue weighted by Crippen LogP contribution is 2.34. The topological polar surface area (TPSA) is 145 Å². The van der Waals surface area contributed by atoms with E-state index in [1.165, 1.54) is 0 Å². The number of carbonyl (C=O) groups is 3. The Labute approximate surface area is 145 Å². The Bertz CT molecular complexity index is 668. The SMILES string of the molecule is N=C(N)c1ccc(NC(=O)CCC(=O)NC(CC(=O)O)C2CC2)cc1. The van der Waals surface area contributed by atoms with Crippen LogP contribution >= 0.6 is 0 Å². The largest absolute Gasteiger partial charge is 0.481 e. The predicted molar refractivity (Wildman–Crippen MR) is 92.2 cm³/mol. The van der Waals surface area contributed by atoms with Gasteiger partial charge in [0, 0.05) is 30.1 Å². The van der Waals surface area contributed by atoms with E-state index < -0.39 is 5.97 Å². The van der Waals surface area contributed by atoms with Gasteiger partial charge in [0.1, 0.15) is 5.84 Å². The van der Waals surface area contributed by atoms with Gasteiger partial charge in [-0.3, -0.25) is 19.8 Å². The van der Waals surface area contributed by atoms with Gasteiger partial charge in [-0.1, -0.05) is 0 Å². The van der Waals surface area contributed by atoms with Crippen molar-refractivity contribution in [3.8, 4) is 0 Å². The molecule has 1 fully saturated rings. The van der Waals surface area contributed by atoms with Crippen LogP contribution < -0.4 is 16.4 Å². The second kappa shape index (κ2) is 8.27. The van der Waals surface area contributed by atoms with Gasteiger partial charge in [0.2, 0.25) is 11.8 Å². The molecule has 1 aliphatic rings. The van der Waals surface area contributed by atoms with Gasteiger partial charge in [-0.15, -0.1) is 0 Å².